The van der Waals surface area contributed by atoms with E-state index in [1.165, 1.54) is 0 Å². The van der Waals surface area contributed by atoms with Crippen molar-refractivity contribution in [3.8, 4) is 0 Å². The Morgan fingerprint density at radius 3 is 2.42 bits per heavy atom. The Bertz CT molecular complexity index is 558. The summed E-state index contributed by atoms with van der Waals surface area (Å²) in [5.41, 5.74) is 4.92. The molecular weight excluding hydrogens is 347 g/mol. The van der Waals surface area contributed by atoms with Gasteiger partial charge in [-0.25, -0.2) is 0 Å². The van der Waals surface area contributed by atoms with Crippen LogP contribution in [-0.2, 0) is 6.42 Å². The van der Waals surface area contributed by atoms with E-state index < -0.39 is 0 Å². The topological polar surface area (TPSA) is 38.0 Å². The summed E-state index contributed by atoms with van der Waals surface area (Å²) in [6.45, 7) is 0. The molecule has 2 aromatic rings. The van der Waals surface area contributed by atoms with Crippen LogP contribution in [-0.4, -0.2) is 0 Å². The standard InChI is InChI=1S/C14H13BrCl2N2/c15-10-3-6-13(17)12(8-10)14(19-18)7-9-1-4-11(16)5-2-9/h1-6,8,14,19H,7,18H2. The third-order valence-electron chi connectivity index (χ3n) is 2.89. The highest BCUT2D eigenvalue weighted by Crippen LogP contribution is 2.28. The molecule has 0 saturated heterocycles. The van der Waals surface area contributed by atoms with Crippen molar-refractivity contribution in [2.24, 2.45) is 5.84 Å². The van der Waals surface area contributed by atoms with Crippen LogP contribution in [0.25, 0.3) is 0 Å². The van der Waals surface area contributed by atoms with Crippen LogP contribution in [0.1, 0.15) is 17.2 Å². The van der Waals surface area contributed by atoms with Crippen LogP contribution in [0.2, 0.25) is 10.0 Å². The fraction of sp³-hybridized carbons (Fsp3) is 0.143. The molecule has 0 amide bonds. The lowest BCUT2D eigenvalue weighted by molar-refractivity contribution is 0.552. The lowest BCUT2D eigenvalue weighted by Crippen LogP contribution is -2.29. The maximum Gasteiger partial charge on any atom is 0.0515 e. The van der Waals surface area contributed by atoms with Gasteiger partial charge in [-0.15, -0.1) is 0 Å². The molecule has 0 bridgehead atoms. The maximum absolute atomic E-state index is 6.22. The Balaban J connectivity index is 2.24. The molecule has 2 rings (SSSR count). The SMILES string of the molecule is NNC(Cc1ccc(Cl)cc1)c1cc(Br)ccc1Cl. The van der Waals surface area contributed by atoms with Gasteiger partial charge in [0, 0.05) is 14.5 Å². The maximum atomic E-state index is 6.22. The first kappa shape index (κ1) is 14.8. The summed E-state index contributed by atoms with van der Waals surface area (Å²) >= 11 is 15.5. The van der Waals surface area contributed by atoms with Crippen molar-refractivity contribution >= 4 is 39.1 Å². The Morgan fingerprint density at radius 1 is 1.11 bits per heavy atom. The Morgan fingerprint density at radius 2 is 1.79 bits per heavy atom. The van der Waals surface area contributed by atoms with Gasteiger partial charge < -0.3 is 0 Å². The molecule has 5 heteroatoms. The van der Waals surface area contributed by atoms with E-state index in [1.807, 2.05) is 42.5 Å². The Kier molecular flexibility index (Phi) is 5.25. The third-order valence-corrected chi connectivity index (χ3v) is 3.98. The van der Waals surface area contributed by atoms with Crippen molar-refractivity contribution in [2.45, 2.75) is 12.5 Å². The van der Waals surface area contributed by atoms with Gasteiger partial charge >= 0.3 is 0 Å². The van der Waals surface area contributed by atoms with E-state index in [4.69, 9.17) is 29.0 Å². The number of nitrogens with one attached hydrogen (secondary N) is 1. The van der Waals surface area contributed by atoms with E-state index in [1.54, 1.807) is 0 Å². The average Bonchev–Trinajstić information content (AvgIpc) is 2.41. The zero-order valence-corrected chi connectivity index (χ0v) is 13.1. The summed E-state index contributed by atoms with van der Waals surface area (Å²) in [7, 11) is 0. The minimum absolute atomic E-state index is 0.0498. The highest BCUT2D eigenvalue weighted by Gasteiger charge is 2.14. The summed E-state index contributed by atoms with van der Waals surface area (Å²) in [6.07, 6.45) is 0.740. The number of halogens is 3. The second kappa shape index (κ2) is 6.73. The number of hydrazine groups is 1. The second-order valence-electron chi connectivity index (χ2n) is 4.22. The predicted octanol–water partition coefficient (Wildman–Crippen LogP) is 4.50. The summed E-state index contributed by atoms with van der Waals surface area (Å²) in [5.74, 6) is 5.65. The van der Waals surface area contributed by atoms with Crippen LogP contribution in [0, 0.1) is 0 Å². The molecule has 0 aliphatic heterocycles. The Hall–Kier alpha value is -0.580. The molecule has 0 fully saturated rings. The molecule has 100 valence electrons. The quantitative estimate of drug-likeness (QED) is 0.622. The summed E-state index contributed by atoms with van der Waals surface area (Å²) in [4.78, 5) is 0. The first-order chi connectivity index (χ1) is 9.10. The zero-order chi connectivity index (χ0) is 13.8. The molecule has 19 heavy (non-hydrogen) atoms. The molecule has 0 spiro atoms. The fourth-order valence-corrected chi connectivity index (χ4v) is 2.65. The van der Waals surface area contributed by atoms with Crippen LogP contribution in [0.3, 0.4) is 0 Å². The van der Waals surface area contributed by atoms with E-state index in [-0.39, 0.29) is 6.04 Å². The number of hydrogen-bond acceptors (Lipinski definition) is 2. The van der Waals surface area contributed by atoms with Gasteiger partial charge in [-0.05, 0) is 47.9 Å². The number of hydrogen-bond donors (Lipinski definition) is 2. The molecule has 1 atom stereocenters. The second-order valence-corrected chi connectivity index (χ2v) is 5.97. The lowest BCUT2D eigenvalue weighted by atomic mass is 9.99. The summed E-state index contributed by atoms with van der Waals surface area (Å²) in [6, 6.07) is 13.4. The Labute approximate surface area is 131 Å². The first-order valence-electron chi connectivity index (χ1n) is 5.75. The van der Waals surface area contributed by atoms with Gasteiger partial charge in [-0.3, -0.25) is 11.3 Å². The minimum Gasteiger partial charge on any atom is -0.271 e. The zero-order valence-electron chi connectivity index (χ0n) is 10.0. The molecule has 2 nitrogen and oxygen atoms in total. The molecule has 0 radical (unpaired) electrons. The molecule has 2 aromatic carbocycles. The fourth-order valence-electron chi connectivity index (χ4n) is 1.90. The molecular formula is C14H13BrCl2N2. The number of rotatable bonds is 4. The van der Waals surface area contributed by atoms with Gasteiger partial charge in [0.05, 0.1) is 6.04 Å². The molecule has 0 aliphatic rings. The van der Waals surface area contributed by atoms with Gasteiger partial charge in [0.25, 0.3) is 0 Å². The lowest BCUT2D eigenvalue weighted by Gasteiger charge is -2.18. The van der Waals surface area contributed by atoms with Gasteiger partial charge in [0.1, 0.15) is 0 Å². The van der Waals surface area contributed by atoms with Gasteiger partial charge in [0.15, 0.2) is 0 Å². The van der Waals surface area contributed by atoms with Crippen LogP contribution in [0.5, 0.6) is 0 Å². The molecule has 0 saturated carbocycles. The van der Waals surface area contributed by atoms with Crippen LogP contribution >= 0.6 is 39.1 Å². The molecule has 0 aliphatic carbocycles. The van der Waals surface area contributed by atoms with Crippen molar-refractivity contribution in [3.63, 3.8) is 0 Å². The van der Waals surface area contributed by atoms with Crippen molar-refractivity contribution in [2.75, 3.05) is 0 Å². The number of benzene rings is 2. The van der Waals surface area contributed by atoms with E-state index in [9.17, 15) is 0 Å². The summed E-state index contributed by atoms with van der Waals surface area (Å²) < 4.78 is 0.975. The first-order valence-corrected chi connectivity index (χ1v) is 7.30. The highest BCUT2D eigenvalue weighted by molar-refractivity contribution is 9.10. The molecule has 0 aromatic heterocycles. The van der Waals surface area contributed by atoms with Crippen LogP contribution < -0.4 is 11.3 Å². The van der Waals surface area contributed by atoms with Gasteiger partial charge in [-0.2, -0.15) is 0 Å². The summed E-state index contributed by atoms with van der Waals surface area (Å²) in [5, 5.41) is 1.42. The van der Waals surface area contributed by atoms with Crippen molar-refractivity contribution in [1.29, 1.82) is 0 Å². The van der Waals surface area contributed by atoms with Gasteiger partial charge in [-0.1, -0.05) is 51.3 Å². The average molecular weight is 360 g/mol. The van der Waals surface area contributed by atoms with E-state index in [0.29, 0.717) is 5.02 Å². The minimum atomic E-state index is -0.0498. The van der Waals surface area contributed by atoms with E-state index in [0.717, 1.165) is 27.0 Å². The van der Waals surface area contributed by atoms with E-state index >= 15 is 0 Å². The van der Waals surface area contributed by atoms with Crippen LogP contribution in [0.4, 0.5) is 0 Å². The van der Waals surface area contributed by atoms with Crippen molar-refractivity contribution < 1.29 is 0 Å². The van der Waals surface area contributed by atoms with Crippen molar-refractivity contribution in [3.05, 3.63) is 68.1 Å². The predicted molar refractivity (Wildman–Crippen MR) is 84.4 cm³/mol. The van der Waals surface area contributed by atoms with E-state index in [2.05, 4.69) is 21.4 Å². The largest absolute Gasteiger partial charge is 0.271 e. The smallest absolute Gasteiger partial charge is 0.0515 e. The third kappa shape index (κ3) is 3.94. The molecule has 1 unspecified atom stereocenters. The molecule has 0 heterocycles. The van der Waals surface area contributed by atoms with Crippen LogP contribution in [0.15, 0.2) is 46.9 Å². The molecule has 3 N–H and O–H groups in total. The monoisotopic (exact) mass is 358 g/mol. The van der Waals surface area contributed by atoms with Crippen molar-refractivity contribution in [1.82, 2.24) is 5.43 Å². The van der Waals surface area contributed by atoms with Gasteiger partial charge in [0.2, 0.25) is 0 Å². The number of nitrogens with two attached hydrogens (primary N) is 1. The normalized spacial score (nSPS) is 12.4. The highest BCUT2D eigenvalue weighted by atomic mass is 79.9.